The summed E-state index contributed by atoms with van der Waals surface area (Å²) < 4.78 is 1.47. The van der Waals surface area contributed by atoms with Crippen molar-refractivity contribution in [2.75, 3.05) is 11.6 Å². The van der Waals surface area contributed by atoms with Gasteiger partial charge in [0.25, 0.3) is 0 Å². The second-order valence-electron chi connectivity index (χ2n) is 9.23. The number of amides is 1. The first-order valence-electron chi connectivity index (χ1n) is 10.4. The maximum atomic E-state index is 12.4. The average molecular weight is 416 g/mol. The first kappa shape index (κ1) is 21.7. The lowest BCUT2D eigenvalue weighted by Gasteiger charge is -2.34. The van der Waals surface area contributed by atoms with E-state index in [9.17, 15) is 4.79 Å². The minimum Gasteiger partial charge on any atom is -0.352 e. The van der Waals surface area contributed by atoms with Crippen molar-refractivity contribution >= 4 is 17.7 Å². The molecule has 3 atom stereocenters. The smallest absolute Gasteiger partial charge is 0.230 e. The average Bonchev–Trinajstić information content (AvgIpc) is 3.04. The highest BCUT2D eigenvalue weighted by Crippen LogP contribution is 2.30. The van der Waals surface area contributed by atoms with Crippen molar-refractivity contribution in [3.05, 3.63) is 29.8 Å². The number of nitrogens with two attached hydrogens (primary N) is 1. The number of nitrogen functional groups attached to an aromatic ring is 1. The van der Waals surface area contributed by atoms with Gasteiger partial charge < -0.3 is 11.2 Å². The molecule has 158 valence electrons. The van der Waals surface area contributed by atoms with Gasteiger partial charge in [0.2, 0.25) is 11.1 Å². The third-order valence-electron chi connectivity index (χ3n) is 6.06. The van der Waals surface area contributed by atoms with Gasteiger partial charge in [-0.25, -0.2) is 4.68 Å². The first-order valence-corrected chi connectivity index (χ1v) is 11.4. The lowest BCUT2D eigenvalue weighted by molar-refractivity contribution is -0.120. The molecular formula is C22H33N5OS. The molecule has 3 rings (SSSR count). The minimum absolute atomic E-state index is 0.0278. The molecule has 29 heavy (non-hydrogen) atoms. The van der Waals surface area contributed by atoms with E-state index in [2.05, 4.69) is 62.3 Å². The van der Waals surface area contributed by atoms with Crippen molar-refractivity contribution < 1.29 is 4.79 Å². The summed E-state index contributed by atoms with van der Waals surface area (Å²) in [5, 5.41) is 12.1. The molecule has 1 aliphatic carbocycles. The van der Waals surface area contributed by atoms with Crippen LogP contribution in [0.2, 0.25) is 0 Å². The molecule has 3 N–H and O–H groups in total. The van der Waals surface area contributed by atoms with Crippen molar-refractivity contribution in [2.45, 2.75) is 70.5 Å². The molecule has 1 amide bonds. The summed E-state index contributed by atoms with van der Waals surface area (Å²) in [6.45, 7) is 11.0. The lowest BCUT2D eigenvalue weighted by atomic mass is 9.78. The van der Waals surface area contributed by atoms with E-state index in [1.54, 1.807) is 0 Å². The van der Waals surface area contributed by atoms with Crippen molar-refractivity contribution in [2.24, 2.45) is 11.8 Å². The van der Waals surface area contributed by atoms with Gasteiger partial charge in [0.05, 0.1) is 5.75 Å². The summed E-state index contributed by atoms with van der Waals surface area (Å²) in [4.78, 5) is 12.4. The molecule has 1 saturated carbocycles. The quantitative estimate of drug-likeness (QED) is 0.570. The predicted octanol–water partition coefficient (Wildman–Crippen LogP) is 3.99. The number of hydrogen-bond donors (Lipinski definition) is 2. The van der Waals surface area contributed by atoms with Gasteiger partial charge in [-0.2, -0.15) is 0 Å². The molecular weight excluding hydrogens is 382 g/mol. The molecule has 0 saturated heterocycles. The number of carbonyl (C=O) groups excluding carboxylic acids is 1. The summed E-state index contributed by atoms with van der Waals surface area (Å²) in [7, 11) is 0. The van der Waals surface area contributed by atoms with Crippen molar-refractivity contribution in [1.82, 2.24) is 20.2 Å². The van der Waals surface area contributed by atoms with Crippen LogP contribution in [0.15, 0.2) is 29.4 Å². The number of nitrogens with one attached hydrogen (secondary N) is 1. The number of nitrogens with zero attached hydrogens (tertiary/aromatic N) is 3. The third kappa shape index (κ3) is 5.13. The van der Waals surface area contributed by atoms with E-state index < -0.39 is 0 Å². The Morgan fingerprint density at radius 3 is 2.55 bits per heavy atom. The molecule has 0 aliphatic heterocycles. The number of aromatic nitrogens is 3. The van der Waals surface area contributed by atoms with Gasteiger partial charge in [-0.3, -0.25) is 4.79 Å². The van der Waals surface area contributed by atoms with Gasteiger partial charge in [-0.05, 0) is 29.2 Å². The van der Waals surface area contributed by atoms with Crippen LogP contribution in [0, 0.1) is 11.8 Å². The van der Waals surface area contributed by atoms with E-state index in [0.29, 0.717) is 22.8 Å². The van der Waals surface area contributed by atoms with Crippen LogP contribution in [-0.4, -0.2) is 32.6 Å². The molecule has 1 heterocycles. The zero-order chi connectivity index (χ0) is 21.2. The van der Waals surface area contributed by atoms with Crippen LogP contribution in [0.5, 0.6) is 0 Å². The molecule has 7 heteroatoms. The standard InChI is InChI=1S/C22H33N5OS/c1-14-7-6-8-18(15(14)2)24-19(28)13-29-21-26-25-20(27(21)23)16-9-11-17(12-10-16)22(3,4)5/h9-12,14-15,18H,6-8,13,23H2,1-5H3,(H,24,28)/t14-,15-,18-/m1/s1. The van der Waals surface area contributed by atoms with Crippen LogP contribution < -0.4 is 11.2 Å². The van der Waals surface area contributed by atoms with E-state index in [1.807, 2.05) is 12.1 Å². The Kier molecular flexibility index (Phi) is 6.56. The first-order chi connectivity index (χ1) is 13.7. The van der Waals surface area contributed by atoms with Gasteiger partial charge in [-0.15, -0.1) is 10.2 Å². The maximum Gasteiger partial charge on any atom is 0.230 e. The number of benzene rings is 1. The normalized spacial score (nSPS) is 22.4. The molecule has 1 aliphatic rings. The molecule has 1 fully saturated rings. The van der Waals surface area contributed by atoms with Crippen LogP contribution in [0.4, 0.5) is 0 Å². The summed E-state index contributed by atoms with van der Waals surface area (Å²) >= 11 is 1.32. The molecule has 0 radical (unpaired) electrons. The maximum absolute atomic E-state index is 12.4. The van der Waals surface area contributed by atoms with E-state index in [4.69, 9.17) is 5.84 Å². The zero-order valence-corrected chi connectivity index (χ0v) is 18.9. The molecule has 2 aromatic rings. The lowest BCUT2D eigenvalue weighted by Crippen LogP contribution is -2.44. The second-order valence-corrected chi connectivity index (χ2v) is 10.2. The minimum atomic E-state index is 0.0278. The van der Waals surface area contributed by atoms with Gasteiger partial charge >= 0.3 is 0 Å². The van der Waals surface area contributed by atoms with Crippen LogP contribution in [0.3, 0.4) is 0 Å². The Labute approximate surface area is 178 Å². The number of carbonyl (C=O) groups is 1. The zero-order valence-electron chi connectivity index (χ0n) is 18.1. The highest BCUT2D eigenvalue weighted by molar-refractivity contribution is 7.99. The SMILES string of the molecule is C[C@@H]1[C@H](C)CCC[C@H]1NC(=O)CSc1nnc(-c2ccc(C(C)(C)C)cc2)n1N. The Bertz CT molecular complexity index is 840. The van der Waals surface area contributed by atoms with Gasteiger partial charge in [0, 0.05) is 11.6 Å². The second kappa shape index (κ2) is 8.78. The fraction of sp³-hybridized carbons (Fsp3) is 0.591. The summed E-state index contributed by atoms with van der Waals surface area (Å²) in [5.41, 5.74) is 2.26. The van der Waals surface area contributed by atoms with Crippen LogP contribution in [0.25, 0.3) is 11.4 Å². The van der Waals surface area contributed by atoms with Crippen LogP contribution >= 0.6 is 11.8 Å². The predicted molar refractivity (Wildman–Crippen MR) is 119 cm³/mol. The molecule has 0 bridgehead atoms. The topological polar surface area (TPSA) is 85.8 Å². The number of hydrogen-bond acceptors (Lipinski definition) is 5. The van der Waals surface area contributed by atoms with Gasteiger partial charge in [0.1, 0.15) is 0 Å². The largest absolute Gasteiger partial charge is 0.352 e. The fourth-order valence-electron chi connectivity index (χ4n) is 3.86. The molecule has 6 nitrogen and oxygen atoms in total. The molecule has 0 unspecified atom stereocenters. The Morgan fingerprint density at radius 1 is 1.21 bits per heavy atom. The summed E-state index contributed by atoms with van der Waals surface area (Å²) in [5.74, 6) is 8.29. The number of rotatable bonds is 5. The number of thioether (sulfide) groups is 1. The van der Waals surface area contributed by atoms with Crippen LogP contribution in [-0.2, 0) is 10.2 Å². The summed E-state index contributed by atoms with van der Waals surface area (Å²) in [6, 6.07) is 8.48. The highest BCUT2D eigenvalue weighted by atomic mass is 32.2. The Balaban J connectivity index is 1.60. The van der Waals surface area contributed by atoms with E-state index in [-0.39, 0.29) is 23.1 Å². The third-order valence-corrected chi connectivity index (χ3v) is 7.00. The molecule has 1 aromatic carbocycles. The van der Waals surface area contributed by atoms with Crippen molar-refractivity contribution in [3.63, 3.8) is 0 Å². The van der Waals surface area contributed by atoms with Crippen LogP contribution in [0.1, 0.15) is 59.4 Å². The molecule has 1 aromatic heterocycles. The van der Waals surface area contributed by atoms with Crippen molar-refractivity contribution in [3.8, 4) is 11.4 Å². The van der Waals surface area contributed by atoms with E-state index in [1.165, 1.54) is 34.8 Å². The Morgan fingerprint density at radius 2 is 1.90 bits per heavy atom. The Hall–Kier alpha value is -2.02. The van der Waals surface area contributed by atoms with Gasteiger partial charge in [0.15, 0.2) is 5.82 Å². The van der Waals surface area contributed by atoms with E-state index in [0.717, 1.165) is 12.0 Å². The van der Waals surface area contributed by atoms with Gasteiger partial charge in [-0.1, -0.05) is 83.5 Å². The fourth-order valence-corrected chi connectivity index (χ4v) is 4.52. The van der Waals surface area contributed by atoms with E-state index >= 15 is 0 Å². The monoisotopic (exact) mass is 415 g/mol. The highest BCUT2D eigenvalue weighted by Gasteiger charge is 2.28. The summed E-state index contributed by atoms with van der Waals surface area (Å²) in [6.07, 6.45) is 3.49. The molecule has 0 spiro atoms. The van der Waals surface area contributed by atoms with Crippen molar-refractivity contribution in [1.29, 1.82) is 0 Å².